The smallest absolute Gasteiger partial charge is 0.282 e. The Morgan fingerprint density at radius 3 is 2.85 bits per heavy atom. The molecule has 0 unspecified atom stereocenters. The molecule has 1 amide bonds. The number of nitrogens with one attached hydrogen (secondary N) is 1. The fourth-order valence-electron chi connectivity index (χ4n) is 2.58. The van der Waals surface area contributed by atoms with Gasteiger partial charge in [0.05, 0.1) is 28.3 Å². The maximum atomic E-state index is 12.3. The number of amides is 1. The number of ether oxygens (including phenoxy) is 2. The molecule has 0 spiro atoms. The Morgan fingerprint density at radius 2 is 2.04 bits per heavy atom. The van der Waals surface area contributed by atoms with Gasteiger partial charge in [0.1, 0.15) is 0 Å². The molecular formula is C17H11N3O5S. The average Bonchev–Trinajstić information content (AvgIpc) is 3.27. The van der Waals surface area contributed by atoms with Gasteiger partial charge < -0.3 is 9.47 Å². The van der Waals surface area contributed by atoms with E-state index in [0.717, 1.165) is 10.1 Å². The van der Waals surface area contributed by atoms with Crippen molar-refractivity contribution >= 4 is 39.2 Å². The van der Waals surface area contributed by atoms with E-state index in [0.29, 0.717) is 17.1 Å². The summed E-state index contributed by atoms with van der Waals surface area (Å²) < 4.78 is 11.3. The maximum absolute atomic E-state index is 12.3. The van der Waals surface area contributed by atoms with Crippen LogP contribution in [0.5, 0.6) is 11.5 Å². The normalized spacial score (nSPS) is 12.6. The number of fused-ring (bicyclic) bond motifs is 2. The second kappa shape index (κ2) is 6.45. The van der Waals surface area contributed by atoms with E-state index in [1.54, 1.807) is 5.38 Å². The molecule has 0 bridgehead atoms. The molecule has 0 aliphatic carbocycles. The van der Waals surface area contributed by atoms with Gasteiger partial charge in [-0.05, 0) is 12.1 Å². The summed E-state index contributed by atoms with van der Waals surface area (Å²) in [5.74, 6) is 0.317. The Morgan fingerprint density at radius 1 is 1.27 bits per heavy atom. The lowest BCUT2D eigenvalue weighted by Crippen LogP contribution is -2.17. The molecule has 2 heterocycles. The third-order valence-electron chi connectivity index (χ3n) is 3.81. The lowest BCUT2D eigenvalue weighted by Gasteiger charge is -2.01. The Bertz CT molecular complexity index is 1060. The van der Waals surface area contributed by atoms with E-state index in [-0.39, 0.29) is 24.0 Å². The van der Waals surface area contributed by atoms with Crippen molar-refractivity contribution in [2.75, 3.05) is 6.79 Å². The summed E-state index contributed by atoms with van der Waals surface area (Å²) in [5, 5.41) is 17.6. The van der Waals surface area contributed by atoms with Gasteiger partial charge in [0.15, 0.2) is 11.5 Å². The Kier molecular flexibility index (Phi) is 3.98. The van der Waals surface area contributed by atoms with Gasteiger partial charge in [0.25, 0.3) is 11.6 Å². The largest absolute Gasteiger partial charge is 0.454 e. The third-order valence-corrected chi connectivity index (χ3v) is 4.78. The topological polar surface area (TPSA) is 103 Å². The summed E-state index contributed by atoms with van der Waals surface area (Å²) in [4.78, 5) is 23.0. The number of benzene rings is 2. The van der Waals surface area contributed by atoms with Gasteiger partial charge in [-0.15, -0.1) is 11.3 Å². The minimum atomic E-state index is -0.544. The fourth-order valence-corrected chi connectivity index (χ4v) is 3.52. The lowest BCUT2D eigenvalue weighted by atomic mass is 10.1. The number of nitro benzene ring substituents is 1. The van der Waals surface area contributed by atoms with Crippen LogP contribution in [0.4, 0.5) is 5.69 Å². The van der Waals surface area contributed by atoms with Gasteiger partial charge >= 0.3 is 0 Å². The predicted molar refractivity (Wildman–Crippen MR) is 96.1 cm³/mol. The highest BCUT2D eigenvalue weighted by Crippen LogP contribution is 2.37. The molecule has 1 aliphatic heterocycles. The van der Waals surface area contributed by atoms with Gasteiger partial charge in [-0.25, -0.2) is 5.43 Å². The first kappa shape index (κ1) is 16.0. The standard InChI is InChI=1S/C17H11N3O5S/c21-17(12-8-26-16-4-2-1-3-11(12)16)19-18-7-10-5-14-15(25-9-24-14)6-13(10)20(22)23/h1-8H,9H2,(H,19,21). The van der Waals surface area contributed by atoms with Crippen LogP contribution in [0.25, 0.3) is 10.1 Å². The Labute approximate surface area is 150 Å². The second-order valence-corrected chi connectivity index (χ2v) is 6.28. The SMILES string of the molecule is O=C(NN=Cc1cc2c(cc1[N+](=O)[O-])OCO2)c1csc2ccccc12. The van der Waals surface area contributed by atoms with E-state index in [2.05, 4.69) is 10.5 Å². The molecule has 130 valence electrons. The van der Waals surface area contributed by atoms with E-state index >= 15 is 0 Å². The van der Waals surface area contributed by atoms with Crippen molar-refractivity contribution in [1.29, 1.82) is 0 Å². The number of nitrogens with zero attached hydrogens (tertiary/aromatic N) is 2. The Hall–Kier alpha value is -3.46. The van der Waals surface area contributed by atoms with Crippen molar-refractivity contribution in [3.8, 4) is 11.5 Å². The van der Waals surface area contributed by atoms with Crippen LogP contribution in [0.1, 0.15) is 15.9 Å². The van der Waals surface area contributed by atoms with Crippen LogP contribution in [-0.2, 0) is 0 Å². The number of carbonyl (C=O) groups is 1. The lowest BCUT2D eigenvalue weighted by molar-refractivity contribution is -0.385. The van der Waals surface area contributed by atoms with Crippen LogP contribution in [0.3, 0.4) is 0 Å². The van der Waals surface area contributed by atoms with Crippen LogP contribution >= 0.6 is 11.3 Å². The number of thiophene rings is 1. The summed E-state index contributed by atoms with van der Waals surface area (Å²) in [7, 11) is 0. The highest BCUT2D eigenvalue weighted by Gasteiger charge is 2.22. The van der Waals surface area contributed by atoms with Crippen LogP contribution in [0, 0.1) is 10.1 Å². The number of carbonyl (C=O) groups excluding carboxylic acids is 1. The minimum Gasteiger partial charge on any atom is -0.454 e. The van der Waals surface area contributed by atoms with Crippen molar-refractivity contribution in [2.45, 2.75) is 0 Å². The summed E-state index contributed by atoms with van der Waals surface area (Å²) in [6.07, 6.45) is 1.21. The molecule has 26 heavy (non-hydrogen) atoms. The van der Waals surface area contributed by atoms with Crippen molar-refractivity contribution < 1.29 is 19.2 Å². The van der Waals surface area contributed by atoms with Crippen molar-refractivity contribution in [3.05, 3.63) is 63.0 Å². The number of hydrogen-bond donors (Lipinski definition) is 1. The van der Waals surface area contributed by atoms with Gasteiger partial charge in [0.2, 0.25) is 6.79 Å². The maximum Gasteiger partial charge on any atom is 0.282 e. The van der Waals surface area contributed by atoms with Crippen LogP contribution in [-0.4, -0.2) is 23.8 Å². The summed E-state index contributed by atoms with van der Waals surface area (Å²) in [6.45, 7) is 0.00898. The van der Waals surface area contributed by atoms with E-state index in [1.807, 2.05) is 24.3 Å². The van der Waals surface area contributed by atoms with E-state index in [4.69, 9.17) is 9.47 Å². The zero-order valence-corrected chi connectivity index (χ0v) is 14.0. The van der Waals surface area contributed by atoms with Gasteiger partial charge in [-0.3, -0.25) is 14.9 Å². The highest BCUT2D eigenvalue weighted by molar-refractivity contribution is 7.17. The fraction of sp³-hybridized carbons (Fsp3) is 0.0588. The molecule has 1 N–H and O–H groups in total. The first-order valence-corrected chi connectivity index (χ1v) is 8.39. The van der Waals surface area contributed by atoms with Crippen molar-refractivity contribution in [3.63, 3.8) is 0 Å². The summed E-state index contributed by atoms with van der Waals surface area (Å²) >= 11 is 1.46. The van der Waals surface area contributed by atoms with E-state index < -0.39 is 4.92 Å². The molecule has 0 atom stereocenters. The van der Waals surface area contributed by atoms with Crippen LogP contribution in [0.2, 0.25) is 0 Å². The van der Waals surface area contributed by atoms with E-state index in [9.17, 15) is 14.9 Å². The van der Waals surface area contributed by atoms with E-state index in [1.165, 1.54) is 29.7 Å². The third kappa shape index (κ3) is 2.84. The van der Waals surface area contributed by atoms with Gasteiger partial charge in [-0.2, -0.15) is 5.10 Å². The molecule has 0 saturated carbocycles. The van der Waals surface area contributed by atoms with Gasteiger partial charge in [0, 0.05) is 15.5 Å². The zero-order valence-electron chi connectivity index (χ0n) is 13.2. The quantitative estimate of drug-likeness (QED) is 0.432. The molecule has 0 saturated heterocycles. The average molecular weight is 369 g/mol. The molecule has 4 rings (SSSR count). The highest BCUT2D eigenvalue weighted by atomic mass is 32.1. The molecule has 0 radical (unpaired) electrons. The monoisotopic (exact) mass is 369 g/mol. The molecule has 1 aliphatic rings. The molecule has 9 heteroatoms. The Balaban J connectivity index is 1.57. The van der Waals surface area contributed by atoms with Crippen LogP contribution < -0.4 is 14.9 Å². The molecule has 2 aromatic carbocycles. The first-order chi connectivity index (χ1) is 12.6. The van der Waals surface area contributed by atoms with Crippen molar-refractivity contribution in [2.24, 2.45) is 5.10 Å². The van der Waals surface area contributed by atoms with Crippen molar-refractivity contribution in [1.82, 2.24) is 5.43 Å². The molecule has 3 aromatic rings. The first-order valence-electron chi connectivity index (χ1n) is 7.51. The number of hydrogen-bond acceptors (Lipinski definition) is 7. The molecular weight excluding hydrogens is 358 g/mol. The number of nitro groups is 1. The second-order valence-electron chi connectivity index (χ2n) is 5.37. The molecule has 8 nitrogen and oxygen atoms in total. The predicted octanol–water partition coefficient (Wildman–Crippen LogP) is 3.30. The number of hydrazone groups is 1. The summed E-state index contributed by atoms with van der Waals surface area (Å²) in [5.41, 5.74) is 2.92. The van der Waals surface area contributed by atoms with Gasteiger partial charge in [-0.1, -0.05) is 18.2 Å². The summed E-state index contributed by atoms with van der Waals surface area (Å²) in [6, 6.07) is 10.3. The molecule has 1 aromatic heterocycles. The van der Waals surface area contributed by atoms with Crippen LogP contribution in [0.15, 0.2) is 46.9 Å². The molecule has 0 fully saturated rings. The number of rotatable bonds is 4. The zero-order chi connectivity index (χ0) is 18.1. The minimum absolute atomic E-state index is 0.00898.